The van der Waals surface area contributed by atoms with Crippen LogP contribution in [0, 0.1) is 0 Å². The topological polar surface area (TPSA) is 55.3 Å². The van der Waals surface area contributed by atoms with Crippen LogP contribution in [0.3, 0.4) is 0 Å². The quantitative estimate of drug-likeness (QED) is 0.334. The smallest absolute Gasteiger partial charge is 0.196 e. The lowest BCUT2D eigenvalue weighted by molar-refractivity contribution is 0.104. The molecule has 1 heterocycles. The SMILES string of the molecule is CN(C)CCCOc1ccc2c(ccc3c4c(nnc32)-c2ccccc2C4=O)c1. The van der Waals surface area contributed by atoms with Gasteiger partial charge in [-0.1, -0.05) is 36.4 Å². The molecular weight excluding hydrogens is 362 g/mol. The summed E-state index contributed by atoms with van der Waals surface area (Å²) in [6.07, 6.45) is 0.975. The molecule has 0 amide bonds. The van der Waals surface area contributed by atoms with E-state index in [4.69, 9.17) is 4.74 Å². The Morgan fingerprint density at radius 2 is 1.72 bits per heavy atom. The summed E-state index contributed by atoms with van der Waals surface area (Å²) in [4.78, 5) is 15.1. The summed E-state index contributed by atoms with van der Waals surface area (Å²) in [7, 11) is 4.12. The van der Waals surface area contributed by atoms with Gasteiger partial charge in [0.15, 0.2) is 5.78 Å². The van der Waals surface area contributed by atoms with Crippen LogP contribution in [0.5, 0.6) is 5.75 Å². The molecule has 0 unspecified atom stereocenters. The highest BCUT2D eigenvalue weighted by Crippen LogP contribution is 2.39. The van der Waals surface area contributed by atoms with Gasteiger partial charge in [-0.3, -0.25) is 4.79 Å². The van der Waals surface area contributed by atoms with Gasteiger partial charge in [0.1, 0.15) is 17.0 Å². The average Bonchev–Trinajstić information content (AvgIpc) is 3.03. The molecule has 29 heavy (non-hydrogen) atoms. The number of aromatic nitrogens is 2. The van der Waals surface area contributed by atoms with Crippen molar-refractivity contribution in [1.82, 2.24) is 15.1 Å². The van der Waals surface area contributed by atoms with Gasteiger partial charge >= 0.3 is 0 Å². The van der Waals surface area contributed by atoms with Gasteiger partial charge < -0.3 is 9.64 Å². The molecule has 1 aromatic heterocycles. The first-order valence-corrected chi connectivity index (χ1v) is 9.78. The van der Waals surface area contributed by atoms with Gasteiger partial charge in [-0.25, -0.2) is 0 Å². The third kappa shape index (κ3) is 2.95. The molecule has 0 N–H and O–H groups in total. The lowest BCUT2D eigenvalue weighted by Gasteiger charge is -2.11. The monoisotopic (exact) mass is 383 g/mol. The predicted octanol–water partition coefficient (Wildman–Crippen LogP) is 4.32. The summed E-state index contributed by atoms with van der Waals surface area (Å²) in [6.45, 7) is 1.67. The number of ketones is 1. The second kappa shape index (κ2) is 6.94. The maximum absolute atomic E-state index is 13.0. The summed E-state index contributed by atoms with van der Waals surface area (Å²) >= 11 is 0. The van der Waals surface area contributed by atoms with E-state index in [0.29, 0.717) is 23.4 Å². The van der Waals surface area contributed by atoms with Crippen LogP contribution in [0.1, 0.15) is 22.3 Å². The number of carbonyl (C=O) groups is 1. The van der Waals surface area contributed by atoms with E-state index >= 15 is 0 Å². The molecule has 144 valence electrons. The van der Waals surface area contributed by atoms with Gasteiger partial charge in [-0.15, -0.1) is 10.2 Å². The zero-order valence-electron chi connectivity index (χ0n) is 16.5. The number of rotatable bonds is 5. The van der Waals surface area contributed by atoms with Crippen LogP contribution in [0.2, 0.25) is 0 Å². The Balaban J connectivity index is 1.54. The van der Waals surface area contributed by atoms with Crippen LogP contribution < -0.4 is 4.74 Å². The highest BCUT2D eigenvalue weighted by Gasteiger charge is 2.30. The minimum Gasteiger partial charge on any atom is -0.494 e. The standard InChI is InChI=1S/C24H21N3O2/c1-27(2)12-5-13-29-16-9-11-17-15(14-16)8-10-20-21-23(26-25-22(17)20)18-6-3-4-7-19(18)24(21)28/h3-4,6-11,14H,5,12-13H2,1-2H3. The molecule has 0 spiro atoms. The minimum atomic E-state index is 0.0238. The number of benzene rings is 3. The van der Waals surface area contributed by atoms with Crippen molar-refractivity contribution < 1.29 is 9.53 Å². The molecule has 0 aliphatic heterocycles. The molecule has 0 saturated heterocycles. The van der Waals surface area contributed by atoms with Crippen molar-refractivity contribution in [2.75, 3.05) is 27.2 Å². The van der Waals surface area contributed by atoms with E-state index in [-0.39, 0.29) is 5.78 Å². The van der Waals surface area contributed by atoms with Gasteiger partial charge in [0.25, 0.3) is 0 Å². The Hall–Kier alpha value is -3.31. The van der Waals surface area contributed by atoms with Gasteiger partial charge in [0.2, 0.25) is 0 Å². The number of hydrogen-bond donors (Lipinski definition) is 0. The van der Waals surface area contributed by atoms with Crippen molar-refractivity contribution in [2.45, 2.75) is 6.42 Å². The number of fused-ring (bicyclic) bond motifs is 7. The summed E-state index contributed by atoms with van der Waals surface area (Å²) in [5.74, 6) is 0.865. The number of carbonyl (C=O) groups excluding carboxylic acids is 1. The summed E-state index contributed by atoms with van der Waals surface area (Å²) in [5.41, 5.74) is 3.65. The van der Waals surface area contributed by atoms with E-state index in [0.717, 1.165) is 46.0 Å². The normalized spacial score (nSPS) is 12.6. The van der Waals surface area contributed by atoms with Gasteiger partial charge in [-0.05, 0) is 44.1 Å². The largest absolute Gasteiger partial charge is 0.494 e. The number of ether oxygens (including phenoxy) is 1. The average molecular weight is 383 g/mol. The Kier molecular flexibility index (Phi) is 4.25. The molecule has 0 fully saturated rings. The third-order valence-electron chi connectivity index (χ3n) is 5.39. The van der Waals surface area contributed by atoms with Crippen LogP contribution in [-0.2, 0) is 0 Å². The van der Waals surface area contributed by atoms with E-state index in [1.807, 2.05) is 54.6 Å². The van der Waals surface area contributed by atoms with Crippen molar-refractivity contribution in [2.24, 2.45) is 0 Å². The Morgan fingerprint density at radius 1 is 0.931 bits per heavy atom. The number of nitrogens with zero attached hydrogens (tertiary/aromatic N) is 3. The second-order valence-electron chi connectivity index (χ2n) is 7.65. The Bertz CT molecular complexity index is 1260. The first kappa shape index (κ1) is 17.8. The fraction of sp³-hybridized carbons (Fsp3) is 0.208. The third-order valence-corrected chi connectivity index (χ3v) is 5.39. The molecule has 0 atom stereocenters. The predicted molar refractivity (Wildman–Crippen MR) is 115 cm³/mol. The molecule has 0 saturated carbocycles. The molecule has 1 aliphatic rings. The molecule has 5 heteroatoms. The summed E-state index contributed by atoms with van der Waals surface area (Å²) in [6, 6.07) is 17.6. The lowest BCUT2D eigenvalue weighted by Crippen LogP contribution is -2.15. The van der Waals surface area contributed by atoms with E-state index in [1.54, 1.807) is 0 Å². The van der Waals surface area contributed by atoms with E-state index < -0.39 is 0 Å². The highest BCUT2D eigenvalue weighted by molar-refractivity contribution is 6.27. The molecule has 5 rings (SSSR count). The fourth-order valence-electron chi connectivity index (χ4n) is 3.98. The number of hydrogen-bond acceptors (Lipinski definition) is 5. The first-order chi connectivity index (χ1) is 14.1. The molecule has 5 nitrogen and oxygen atoms in total. The van der Waals surface area contributed by atoms with Gasteiger partial charge in [-0.2, -0.15) is 0 Å². The molecule has 0 radical (unpaired) electrons. The molecular formula is C24H21N3O2. The van der Waals surface area contributed by atoms with E-state index in [1.165, 1.54) is 0 Å². The highest BCUT2D eigenvalue weighted by atomic mass is 16.5. The van der Waals surface area contributed by atoms with Crippen LogP contribution >= 0.6 is 0 Å². The summed E-state index contributed by atoms with van der Waals surface area (Å²) in [5, 5.41) is 11.8. The van der Waals surface area contributed by atoms with E-state index in [2.05, 4.69) is 29.2 Å². The maximum Gasteiger partial charge on any atom is 0.196 e. The van der Waals surface area contributed by atoms with Gasteiger partial charge in [0.05, 0.1) is 12.2 Å². The maximum atomic E-state index is 13.0. The van der Waals surface area contributed by atoms with Crippen LogP contribution in [0.4, 0.5) is 0 Å². The Labute approximate surface area is 168 Å². The fourth-order valence-corrected chi connectivity index (χ4v) is 3.98. The first-order valence-electron chi connectivity index (χ1n) is 9.78. The van der Waals surface area contributed by atoms with Crippen molar-refractivity contribution >= 4 is 27.5 Å². The van der Waals surface area contributed by atoms with Crippen LogP contribution in [0.15, 0.2) is 54.6 Å². The van der Waals surface area contributed by atoms with E-state index in [9.17, 15) is 4.79 Å². The van der Waals surface area contributed by atoms with Crippen molar-refractivity contribution in [3.05, 3.63) is 65.7 Å². The Morgan fingerprint density at radius 3 is 2.55 bits per heavy atom. The van der Waals surface area contributed by atoms with Crippen LogP contribution in [0.25, 0.3) is 32.9 Å². The van der Waals surface area contributed by atoms with Crippen molar-refractivity contribution in [1.29, 1.82) is 0 Å². The van der Waals surface area contributed by atoms with Gasteiger partial charge in [0, 0.05) is 28.4 Å². The lowest BCUT2D eigenvalue weighted by atomic mass is 10.0. The van der Waals surface area contributed by atoms with Crippen LogP contribution in [-0.4, -0.2) is 48.1 Å². The summed E-state index contributed by atoms with van der Waals surface area (Å²) < 4.78 is 5.89. The molecule has 1 aliphatic carbocycles. The molecule has 0 bridgehead atoms. The van der Waals surface area contributed by atoms with Crippen molar-refractivity contribution in [3.63, 3.8) is 0 Å². The zero-order valence-corrected chi connectivity index (χ0v) is 16.5. The minimum absolute atomic E-state index is 0.0238. The zero-order chi connectivity index (χ0) is 20.0. The molecule has 3 aromatic carbocycles. The van der Waals surface area contributed by atoms with Crippen molar-refractivity contribution in [3.8, 4) is 17.0 Å². The molecule has 4 aromatic rings. The second-order valence-corrected chi connectivity index (χ2v) is 7.65.